The summed E-state index contributed by atoms with van der Waals surface area (Å²) >= 11 is 0. The van der Waals surface area contributed by atoms with Crippen LogP contribution in [-0.2, 0) is 12.8 Å². The number of aromatic nitrogens is 2. The van der Waals surface area contributed by atoms with Crippen LogP contribution in [0.1, 0.15) is 154 Å². The highest BCUT2D eigenvalue weighted by Crippen LogP contribution is 2.19. The maximum Gasteiger partial charge on any atom is 0.159 e. The van der Waals surface area contributed by atoms with E-state index in [-0.39, 0.29) is 0 Å². The van der Waals surface area contributed by atoms with Gasteiger partial charge >= 0.3 is 0 Å². The first kappa shape index (κ1) is 31.5. The molecule has 0 aliphatic rings. The summed E-state index contributed by atoms with van der Waals surface area (Å²) in [5.74, 6) is 1.74. The Morgan fingerprint density at radius 2 is 1.00 bits per heavy atom. The number of nitrogens with zero attached hydrogens (tertiary/aromatic N) is 2. The second-order valence-electron chi connectivity index (χ2n) is 11.6. The van der Waals surface area contributed by atoms with Crippen LogP contribution in [0.5, 0.6) is 0 Å². The number of aryl methyl sites for hydroxylation is 2. The van der Waals surface area contributed by atoms with Crippen molar-refractivity contribution in [3.05, 3.63) is 47.8 Å². The molecule has 0 amide bonds. The molecule has 0 aliphatic carbocycles. The topological polar surface area (TPSA) is 25.8 Å². The van der Waals surface area contributed by atoms with Gasteiger partial charge in [-0.2, -0.15) is 0 Å². The van der Waals surface area contributed by atoms with Crippen LogP contribution >= 0.6 is 0 Å². The lowest BCUT2D eigenvalue weighted by Gasteiger charge is -2.07. The Kier molecular flexibility index (Phi) is 18.1. The lowest BCUT2D eigenvalue weighted by atomic mass is 10.00. The predicted octanol–water partition coefficient (Wildman–Crippen LogP) is 11.3. The molecule has 37 heavy (non-hydrogen) atoms. The summed E-state index contributed by atoms with van der Waals surface area (Å²) in [5.41, 5.74) is 3.84. The van der Waals surface area contributed by atoms with Gasteiger partial charge in [0, 0.05) is 18.0 Å². The smallest absolute Gasteiger partial charge is 0.159 e. The predicted molar refractivity (Wildman–Crippen MR) is 163 cm³/mol. The van der Waals surface area contributed by atoms with Gasteiger partial charge in [0.25, 0.3) is 0 Å². The average molecular weight is 507 g/mol. The van der Waals surface area contributed by atoms with Crippen molar-refractivity contribution in [2.45, 2.75) is 156 Å². The highest BCUT2D eigenvalue weighted by Gasteiger charge is 2.04. The van der Waals surface area contributed by atoms with Gasteiger partial charge in [0.15, 0.2) is 5.82 Å². The van der Waals surface area contributed by atoms with Crippen LogP contribution in [-0.4, -0.2) is 9.97 Å². The Bertz CT molecular complexity index is 765. The summed E-state index contributed by atoms with van der Waals surface area (Å²) in [6, 6.07) is 8.94. The molecule has 1 aromatic carbocycles. The van der Waals surface area contributed by atoms with Crippen molar-refractivity contribution >= 4 is 0 Å². The van der Waals surface area contributed by atoms with E-state index in [9.17, 15) is 0 Å². The normalized spacial score (nSPS) is 12.2. The van der Waals surface area contributed by atoms with Gasteiger partial charge in [0.05, 0.1) is 0 Å². The van der Waals surface area contributed by atoms with Crippen molar-refractivity contribution in [2.24, 2.45) is 5.92 Å². The summed E-state index contributed by atoms with van der Waals surface area (Å²) in [6.45, 7) is 6.96. The maximum absolute atomic E-state index is 4.66. The molecule has 2 aromatic rings. The first-order valence-electron chi connectivity index (χ1n) is 16.1. The number of rotatable bonds is 23. The first-order chi connectivity index (χ1) is 18.2. The molecule has 1 atom stereocenters. The van der Waals surface area contributed by atoms with Gasteiger partial charge in [-0.15, -0.1) is 0 Å². The van der Waals surface area contributed by atoms with Gasteiger partial charge in [-0.05, 0) is 42.7 Å². The van der Waals surface area contributed by atoms with Crippen LogP contribution in [0.25, 0.3) is 11.4 Å². The molecule has 0 saturated heterocycles. The molecule has 2 heteroatoms. The number of hydrogen-bond acceptors (Lipinski definition) is 2. The summed E-state index contributed by atoms with van der Waals surface area (Å²) in [6.07, 6.45) is 32.7. The number of hydrogen-bond donors (Lipinski definition) is 0. The molecule has 2 nitrogen and oxygen atoms in total. The third-order valence-corrected chi connectivity index (χ3v) is 8.10. The molecular weight excluding hydrogens is 448 g/mol. The molecule has 1 heterocycles. The van der Waals surface area contributed by atoms with E-state index in [2.05, 4.69) is 55.0 Å². The summed E-state index contributed by atoms with van der Waals surface area (Å²) < 4.78 is 0. The molecule has 0 aliphatic heterocycles. The highest BCUT2D eigenvalue weighted by atomic mass is 14.9. The quantitative estimate of drug-likeness (QED) is 0.140. The summed E-state index contributed by atoms with van der Waals surface area (Å²) in [4.78, 5) is 9.31. The van der Waals surface area contributed by atoms with Crippen molar-refractivity contribution in [2.75, 3.05) is 0 Å². The van der Waals surface area contributed by atoms with E-state index in [1.54, 1.807) is 0 Å². The van der Waals surface area contributed by atoms with E-state index in [4.69, 9.17) is 0 Å². The molecule has 0 N–H and O–H groups in total. The molecule has 0 bridgehead atoms. The Hall–Kier alpha value is -1.70. The van der Waals surface area contributed by atoms with E-state index >= 15 is 0 Å². The zero-order valence-electron chi connectivity index (χ0n) is 24.8. The van der Waals surface area contributed by atoms with Crippen LogP contribution in [0.15, 0.2) is 36.7 Å². The van der Waals surface area contributed by atoms with E-state index < -0.39 is 0 Å². The Morgan fingerprint density at radius 1 is 0.541 bits per heavy atom. The van der Waals surface area contributed by atoms with Crippen molar-refractivity contribution in [3.8, 4) is 11.4 Å². The molecule has 0 saturated carbocycles. The molecule has 0 spiro atoms. The zero-order chi connectivity index (χ0) is 26.4. The largest absolute Gasteiger partial charge is 0.236 e. The van der Waals surface area contributed by atoms with Gasteiger partial charge in [-0.25, -0.2) is 9.97 Å². The minimum absolute atomic E-state index is 0.852. The molecule has 1 aromatic heterocycles. The molecule has 2 rings (SSSR count). The van der Waals surface area contributed by atoms with E-state index in [1.165, 1.54) is 140 Å². The fourth-order valence-electron chi connectivity index (χ4n) is 5.18. The summed E-state index contributed by atoms with van der Waals surface area (Å²) in [7, 11) is 0. The molecule has 0 fully saturated rings. The first-order valence-corrected chi connectivity index (χ1v) is 16.1. The summed E-state index contributed by atoms with van der Waals surface area (Å²) in [5, 5.41) is 0. The van der Waals surface area contributed by atoms with Crippen molar-refractivity contribution in [3.63, 3.8) is 0 Å². The SMILES string of the molecule is CCCCCCCCCCCCCCCc1ccc(-c2ncc(CCCCCCC(C)CC)cn2)cc1. The van der Waals surface area contributed by atoms with E-state index in [1.807, 2.05) is 12.4 Å². The van der Waals surface area contributed by atoms with E-state index in [0.29, 0.717) is 0 Å². The average Bonchev–Trinajstić information content (AvgIpc) is 2.93. The molecule has 208 valence electrons. The van der Waals surface area contributed by atoms with Gasteiger partial charge < -0.3 is 0 Å². The lowest BCUT2D eigenvalue weighted by Crippen LogP contribution is -1.94. The second-order valence-corrected chi connectivity index (χ2v) is 11.6. The minimum Gasteiger partial charge on any atom is -0.236 e. The van der Waals surface area contributed by atoms with Crippen molar-refractivity contribution < 1.29 is 0 Å². The van der Waals surface area contributed by atoms with Gasteiger partial charge in [0.1, 0.15) is 0 Å². The fraction of sp³-hybridized carbons (Fsp3) is 0.714. The lowest BCUT2D eigenvalue weighted by molar-refractivity contribution is 0.474. The number of benzene rings is 1. The van der Waals surface area contributed by atoms with E-state index in [0.717, 1.165) is 23.7 Å². The standard InChI is InChI=1S/C35H58N2/c1-4-6-7-8-9-10-11-12-13-14-15-16-20-23-32-25-27-34(28-26-32)35-36-29-33(30-37-35)24-21-18-17-19-22-31(3)5-2/h25-31H,4-24H2,1-3H3. The highest BCUT2D eigenvalue weighted by molar-refractivity contribution is 5.55. The molecule has 0 radical (unpaired) electrons. The Balaban J connectivity index is 1.52. The van der Waals surface area contributed by atoms with Crippen LogP contribution in [0.3, 0.4) is 0 Å². The van der Waals surface area contributed by atoms with Crippen LogP contribution in [0.4, 0.5) is 0 Å². The van der Waals surface area contributed by atoms with Gasteiger partial charge in [-0.1, -0.05) is 154 Å². The fourth-order valence-corrected chi connectivity index (χ4v) is 5.18. The second kappa shape index (κ2) is 21.3. The Labute approximate surface area is 230 Å². The number of unbranched alkanes of at least 4 members (excludes halogenated alkanes) is 15. The Morgan fingerprint density at radius 3 is 1.51 bits per heavy atom. The van der Waals surface area contributed by atoms with Crippen LogP contribution < -0.4 is 0 Å². The monoisotopic (exact) mass is 506 g/mol. The van der Waals surface area contributed by atoms with Crippen molar-refractivity contribution in [1.29, 1.82) is 0 Å². The maximum atomic E-state index is 4.66. The third-order valence-electron chi connectivity index (χ3n) is 8.10. The van der Waals surface area contributed by atoms with Crippen LogP contribution in [0, 0.1) is 5.92 Å². The van der Waals surface area contributed by atoms with Crippen LogP contribution in [0.2, 0.25) is 0 Å². The van der Waals surface area contributed by atoms with Crippen molar-refractivity contribution in [1.82, 2.24) is 9.97 Å². The third kappa shape index (κ3) is 15.3. The minimum atomic E-state index is 0.852. The molecular formula is C35H58N2. The van der Waals surface area contributed by atoms with Gasteiger partial charge in [-0.3, -0.25) is 0 Å². The molecule has 1 unspecified atom stereocenters. The zero-order valence-corrected chi connectivity index (χ0v) is 24.8. The van der Waals surface area contributed by atoms with Gasteiger partial charge in [0.2, 0.25) is 0 Å².